The summed E-state index contributed by atoms with van der Waals surface area (Å²) in [5.74, 6) is 1.57. The van der Waals surface area contributed by atoms with E-state index in [0.29, 0.717) is 5.82 Å². The third-order valence-electron chi connectivity index (χ3n) is 4.96. The van der Waals surface area contributed by atoms with Crippen LogP contribution in [0.2, 0.25) is 5.02 Å². The predicted molar refractivity (Wildman–Crippen MR) is 120 cm³/mol. The smallest absolute Gasteiger partial charge is 0.154 e. The molecule has 0 saturated carbocycles. The van der Waals surface area contributed by atoms with E-state index in [1.165, 1.54) is 0 Å². The molecule has 1 aliphatic heterocycles. The molecule has 0 spiro atoms. The summed E-state index contributed by atoms with van der Waals surface area (Å²) in [6.07, 6.45) is 5.01. The summed E-state index contributed by atoms with van der Waals surface area (Å²) in [5, 5.41) is 5.29. The van der Waals surface area contributed by atoms with Crippen molar-refractivity contribution in [3.05, 3.63) is 64.9 Å². The molecule has 0 aliphatic carbocycles. The van der Waals surface area contributed by atoms with Crippen molar-refractivity contribution in [1.82, 2.24) is 14.9 Å². The number of morpholine rings is 1. The summed E-state index contributed by atoms with van der Waals surface area (Å²) in [5.41, 5.74) is 2.00. The molecule has 1 saturated heterocycles. The number of nitrogens with zero attached hydrogens (tertiary/aromatic N) is 3. The van der Waals surface area contributed by atoms with Gasteiger partial charge in [0.2, 0.25) is 0 Å². The molecule has 3 aromatic rings. The average molecular weight is 409 g/mol. The molecule has 0 amide bonds. The Hall–Kier alpha value is -2.47. The Bertz CT molecular complexity index is 968. The highest BCUT2D eigenvalue weighted by molar-refractivity contribution is 6.30. The van der Waals surface area contributed by atoms with Crippen LogP contribution in [0.15, 0.2) is 48.5 Å². The molecule has 4 rings (SSSR count). The topological polar surface area (TPSA) is 50.3 Å². The van der Waals surface area contributed by atoms with Crippen LogP contribution in [0, 0.1) is 0 Å². The van der Waals surface area contributed by atoms with Crippen molar-refractivity contribution in [2.75, 3.05) is 44.7 Å². The molecule has 2 heterocycles. The zero-order valence-corrected chi connectivity index (χ0v) is 17.1. The third kappa shape index (κ3) is 5.54. The third-order valence-corrected chi connectivity index (χ3v) is 5.21. The second kappa shape index (κ2) is 9.83. The molecule has 0 radical (unpaired) electrons. The number of nitrogens with one attached hydrogen (secondary N) is 1. The zero-order chi connectivity index (χ0) is 19.9. The van der Waals surface area contributed by atoms with Gasteiger partial charge in [0, 0.05) is 30.0 Å². The maximum Gasteiger partial charge on any atom is 0.154 e. The van der Waals surface area contributed by atoms with Gasteiger partial charge in [-0.15, -0.1) is 0 Å². The lowest BCUT2D eigenvalue weighted by molar-refractivity contribution is 0.0378. The maximum atomic E-state index is 5.96. The van der Waals surface area contributed by atoms with Crippen LogP contribution in [0.5, 0.6) is 0 Å². The Kier molecular flexibility index (Phi) is 6.72. The first-order valence-corrected chi connectivity index (χ1v) is 10.4. The van der Waals surface area contributed by atoms with E-state index in [9.17, 15) is 0 Å². The van der Waals surface area contributed by atoms with Crippen molar-refractivity contribution in [2.45, 2.75) is 6.42 Å². The minimum absolute atomic E-state index is 0.689. The number of para-hydroxylation sites is 1. The Morgan fingerprint density at radius 3 is 2.62 bits per heavy atom. The minimum Gasteiger partial charge on any atom is -0.379 e. The first kappa shape index (κ1) is 19.8. The summed E-state index contributed by atoms with van der Waals surface area (Å²) >= 11 is 5.96. The monoisotopic (exact) mass is 408 g/mol. The van der Waals surface area contributed by atoms with Crippen LogP contribution in [0.25, 0.3) is 23.1 Å². The first-order valence-electron chi connectivity index (χ1n) is 10.0. The fourth-order valence-electron chi connectivity index (χ4n) is 3.38. The van der Waals surface area contributed by atoms with Gasteiger partial charge in [-0.1, -0.05) is 41.9 Å². The standard InChI is InChI=1S/C23H25ClN4O/c24-19-9-6-18(7-10-19)8-11-22-26-21-5-2-1-4-20(21)23(27-22)25-12-3-13-28-14-16-29-17-15-28/h1-2,4-11H,3,12-17H2,(H,25,26,27)/b11-8+. The van der Waals surface area contributed by atoms with Crippen molar-refractivity contribution in [3.8, 4) is 0 Å². The fraction of sp³-hybridized carbons (Fsp3) is 0.304. The quantitative estimate of drug-likeness (QED) is 0.579. The Morgan fingerprint density at radius 1 is 1.00 bits per heavy atom. The number of rotatable bonds is 7. The number of aromatic nitrogens is 2. The van der Waals surface area contributed by atoms with Gasteiger partial charge in [0.15, 0.2) is 5.82 Å². The Balaban J connectivity index is 1.46. The highest BCUT2D eigenvalue weighted by Gasteiger charge is 2.10. The largest absolute Gasteiger partial charge is 0.379 e. The number of anilines is 1. The Labute approximate surface area is 176 Å². The van der Waals surface area contributed by atoms with E-state index in [4.69, 9.17) is 21.3 Å². The summed E-state index contributed by atoms with van der Waals surface area (Å²) in [6.45, 7) is 5.67. The van der Waals surface area contributed by atoms with Crippen LogP contribution in [0.1, 0.15) is 17.8 Å². The lowest BCUT2D eigenvalue weighted by Gasteiger charge is -2.26. The van der Waals surface area contributed by atoms with Crippen LogP contribution in [-0.2, 0) is 4.74 Å². The molecule has 1 aromatic heterocycles. The fourth-order valence-corrected chi connectivity index (χ4v) is 3.51. The van der Waals surface area contributed by atoms with E-state index in [1.54, 1.807) is 0 Å². The molecule has 1 N–H and O–H groups in total. The molecule has 1 aliphatic rings. The molecule has 2 aromatic carbocycles. The van der Waals surface area contributed by atoms with Crippen LogP contribution in [-0.4, -0.2) is 54.3 Å². The second-order valence-corrected chi connectivity index (χ2v) is 7.50. The molecule has 150 valence electrons. The number of hydrogen-bond acceptors (Lipinski definition) is 5. The molecule has 6 heteroatoms. The summed E-state index contributed by atoms with van der Waals surface area (Å²) in [7, 11) is 0. The molecular weight excluding hydrogens is 384 g/mol. The minimum atomic E-state index is 0.689. The second-order valence-electron chi connectivity index (χ2n) is 7.07. The van der Waals surface area contributed by atoms with E-state index in [0.717, 1.165) is 73.1 Å². The van der Waals surface area contributed by atoms with Crippen LogP contribution < -0.4 is 5.32 Å². The molecule has 0 unspecified atom stereocenters. The van der Waals surface area contributed by atoms with Gasteiger partial charge in [0.05, 0.1) is 18.7 Å². The predicted octanol–water partition coefficient (Wildman–Crippen LogP) is 4.59. The van der Waals surface area contributed by atoms with Gasteiger partial charge >= 0.3 is 0 Å². The van der Waals surface area contributed by atoms with Gasteiger partial charge in [0.1, 0.15) is 5.82 Å². The number of halogens is 1. The van der Waals surface area contributed by atoms with Crippen molar-refractivity contribution in [2.24, 2.45) is 0 Å². The van der Waals surface area contributed by atoms with Crippen molar-refractivity contribution in [3.63, 3.8) is 0 Å². The van der Waals surface area contributed by atoms with E-state index >= 15 is 0 Å². The number of ether oxygens (including phenoxy) is 1. The van der Waals surface area contributed by atoms with Gasteiger partial charge in [-0.3, -0.25) is 4.90 Å². The van der Waals surface area contributed by atoms with Crippen molar-refractivity contribution in [1.29, 1.82) is 0 Å². The number of hydrogen-bond donors (Lipinski definition) is 1. The summed E-state index contributed by atoms with van der Waals surface area (Å²) in [6, 6.07) is 15.8. The summed E-state index contributed by atoms with van der Waals surface area (Å²) < 4.78 is 5.41. The van der Waals surface area contributed by atoms with Crippen LogP contribution >= 0.6 is 11.6 Å². The zero-order valence-electron chi connectivity index (χ0n) is 16.4. The lowest BCUT2D eigenvalue weighted by atomic mass is 10.2. The van der Waals surface area contributed by atoms with E-state index < -0.39 is 0 Å². The molecule has 0 bridgehead atoms. The van der Waals surface area contributed by atoms with Gasteiger partial charge in [-0.25, -0.2) is 9.97 Å². The number of fused-ring (bicyclic) bond motifs is 1. The molecule has 29 heavy (non-hydrogen) atoms. The van der Waals surface area contributed by atoms with Crippen molar-refractivity contribution < 1.29 is 4.74 Å². The molecule has 0 atom stereocenters. The van der Waals surface area contributed by atoms with Crippen molar-refractivity contribution >= 4 is 40.5 Å². The van der Waals surface area contributed by atoms with E-state index in [-0.39, 0.29) is 0 Å². The van der Waals surface area contributed by atoms with Gasteiger partial charge < -0.3 is 10.1 Å². The van der Waals surface area contributed by atoms with Crippen LogP contribution in [0.4, 0.5) is 5.82 Å². The Morgan fingerprint density at radius 2 is 1.79 bits per heavy atom. The molecule has 5 nitrogen and oxygen atoms in total. The molecular formula is C23H25ClN4O. The maximum absolute atomic E-state index is 5.96. The molecule has 1 fully saturated rings. The van der Waals surface area contributed by atoms with Gasteiger partial charge in [0.25, 0.3) is 0 Å². The van der Waals surface area contributed by atoms with Gasteiger partial charge in [-0.2, -0.15) is 0 Å². The first-order chi connectivity index (χ1) is 14.3. The van der Waals surface area contributed by atoms with Gasteiger partial charge in [-0.05, 0) is 48.9 Å². The normalized spacial score (nSPS) is 15.2. The number of benzene rings is 2. The highest BCUT2D eigenvalue weighted by atomic mass is 35.5. The van der Waals surface area contributed by atoms with E-state index in [2.05, 4.69) is 21.3 Å². The van der Waals surface area contributed by atoms with E-state index in [1.807, 2.05) is 54.6 Å². The highest BCUT2D eigenvalue weighted by Crippen LogP contribution is 2.21. The van der Waals surface area contributed by atoms with Crippen LogP contribution in [0.3, 0.4) is 0 Å². The lowest BCUT2D eigenvalue weighted by Crippen LogP contribution is -2.37. The summed E-state index contributed by atoms with van der Waals surface area (Å²) in [4.78, 5) is 11.9. The SMILES string of the molecule is Clc1ccc(/C=C/c2nc(NCCCN3CCOCC3)c3ccccc3n2)cc1. The average Bonchev–Trinajstić information content (AvgIpc) is 2.77.